The second-order valence-electron chi connectivity index (χ2n) is 7.36. The molecule has 3 heteroatoms. The third-order valence-electron chi connectivity index (χ3n) is 3.04. The summed E-state index contributed by atoms with van der Waals surface area (Å²) in [5, 5.41) is 4.15. The van der Waals surface area contributed by atoms with Crippen LogP contribution in [0, 0.1) is 5.41 Å². The van der Waals surface area contributed by atoms with E-state index in [0.29, 0.717) is 6.42 Å². The number of hydrogen-bond acceptors (Lipinski definition) is 2. The lowest BCUT2D eigenvalue weighted by molar-refractivity contribution is -0.128. The number of nitrogens with one attached hydrogen (secondary N) is 1. The molecule has 1 rings (SSSR count). The first-order chi connectivity index (χ1) is 9.00. The number of hydrogen-bond donors (Lipinski definition) is 1. The maximum atomic E-state index is 12.7. The molecular formula is C17H26ClNO. The third kappa shape index (κ3) is 5.26. The minimum atomic E-state index is -0.371. The van der Waals surface area contributed by atoms with Crippen molar-refractivity contribution >= 4 is 17.4 Å². The number of rotatable bonds is 4. The highest BCUT2D eigenvalue weighted by molar-refractivity contribution is 6.31. The van der Waals surface area contributed by atoms with Crippen molar-refractivity contribution in [3.8, 4) is 0 Å². The molecule has 1 aromatic rings. The van der Waals surface area contributed by atoms with Crippen LogP contribution in [0.1, 0.15) is 47.1 Å². The molecule has 0 aliphatic carbocycles. The van der Waals surface area contributed by atoms with Gasteiger partial charge >= 0.3 is 0 Å². The predicted octanol–water partition coefficient (Wildman–Crippen LogP) is 4.25. The van der Waals surface area contributed by atoms with Crippen molar-refractivity contribution in [3.05, 3.63) is 34.9 Å². The fourth-order valence-corrected chi connectivity index (χ4v) is 2.35. The molecule has 2 nitrogen and oxygen atoms in total. The smallest absolute Gasteiger partial charge is 0.155 e. The van der Waals surface area contributed by atoms with E-state index in [2.05, 4.69) is 26.1 Å². The second kappa shape index (κ2) is 6.28. The number of carbonyl (C=O) groups is 1. The lowest BCUT2D eigenvalue weighted by Gasteiger charge is -2.32. The van der Waals surface area contributed by atoms with Gasteiger partial charge < -0.3 is 5.32 Å². The summed E-state index contributed by atoms with van der Waals surface area (Å²) in [6, 6.07) is 7.48. The average molecular weight is 296 g/mol. The normalized spacial score (nSPS) is 14.2. The summed E-state index contributed by atoms with van der Waals surface area (Å²) in [4.78, 5) is 12.7. The van der Waals surface area contributed by atoms with Gasteiger partial charge in [-0.1, -0.05) is 50.6 Å². The molecule has 0 bridgehead atoms. The predicted molar refractivity (Wildman–Crippen MR) is 86.3 cm³/mol. The van der Waals surface area contributed by atoms with Crippen LogP contribution in [0.15, 0.2) is 24.3 Å². The van der Waals surface area contributed by atoms with Crippen molar-refractivity contribution in [1.29, 1.82) is 0 Å². The molecule has 0 unspecified atom stereocenters. The minimum Gasteiger partial charge on any atom is -0.302 e. The summed E-state index contributed by atoms with van der Waals surface area (Å²) in [7, 11) is 0. The second-order valence-corrected chi connectivity index (χ2v) is 7.76. The molecule has 0 aliphatic rings. The van der Waals surface area contributed by atoms with E-state index in [-0.39, 0.29) is 22.8 Å². The number of carbonyl (C=O) groups excluding carboxylic acids is 1. The molecule has 0 amide bonds. The van der Waals surface area contributed by atoms with Crippen LogP contribution in [-0.2, 0) is 11.2 Å². The zero-order chi connectivity index (χ0) is 15.6. The van der Waals surface area contributed by atoms with Crippen molar-refractivity contribution in [2.45, 2.75) is 59.5 Å². The van der Waals surface area contributed by atoms with E-state index >= 15 is 0 Å². The van der Waals surface area contributed by atoms with E-state index in [9.17, 15) is 4.79 Å². The topological polar surface area (TPSA) is 29.1 Å². The number of Topliss-reactive ketones (excluding diaryl/α,β-unsaturated/α-hetero) is 1. The van der Waals surface area contributed by atoms with Crippen LogP contribution in [0.3, 0.4) is 0 Å². The number of ketones is 1. The van der Waals surface area contributed by atoms with Crippen LogP contribution in [0.25, 0.3) is 0 Å². The van der Waals surface area contributed by atoms with Gasteiger partial charge in [0.25, 0.3) is 0 Å². The SMILES string of the molecule is CC(C)(C)N[C@@H](Cc1ccccc1Cl)C(=O)C(C)(C)C. The quantitative estimate of drug-likeness (QED) is 0.899. The molecule has 1 aromatic carbocycles. The summed E-state index contributed by atoms with van der Waals surface area (Å²) in [6.07, 6.45) is 0.618. The zero-order valence-corrected chi connectivity index (χ0v) is 14.1. The molecule has 1 N–H and O–H groups in total. The molecule has 20 heavy (non-hydrogen) atoms. The molecule has 0 radical (unpaired) electrons. The van der Waals surface area contributed by atoms with Crippen molar-refractivity contribution in [2.24, 2.45) is 5.41 Å². The van der Waals surface area contributed by atoms with E-state index in [0.717, 1.165) is 10.6 Å². The van der Waals surface area contributed by atoms with Gasteiger partial charge in [-0.05, 0) is 38.8 Å². The molecule has 0 heterocycles. The maximum Gasteiger partial charge on any atom is 0.155 e. The lowest BCUT2D eigenvalue weighted by atomic mass is 9.83. The van der Waals surface area contributed by atoms with Crippen LogP contribution >= 0.6 is 11.6 Å². The molecule has 112 valence electrons. The van der Waals surface area contributed by atoms with Gasteiger partial charge in [-0.25, -0.2) is 0 Å². The van der Waals surface area contributed by atoms with Crippen LogP contribution in [0.5, 0.6) is 0 Å². The van der Waals surface area contributed by atoms with Crippen molar-refractivity contribution in [3.63, 3.8) is 0 Å². The molecule has 0 aliphatic heterocycles. The van der Waals surface area contributed by atoms with Gasteiger partial charge in [0.1, 0.15) is 0 Å². The van der Waals surface area contributed by atoms with Gasteiger partial charge in [-0.2, -0.15) is 0 Å². The van der Waals surface area contributed by atoms with Crippen molar-refractivity contribution in [1.82, 2.24) is 5.32 Å². The van der Waals surface area contributed by atoms with Crippen LogP contribution < -0.4 is 5.32 Å². The number of halogens is 1. The monoisotopic (exact) mass is 295 g/mol. The molecule has 0 saturated carbocycles. The van der Waals surface area contributed by atoms with Gasteiger partial charge in [0, 0.05) is 16.0 Å². The summed E-state index contributed by atoms with van der Waals surface area (Å²) in [5.41, 5.74) is 0.519. The van der Waals surface area contributed by atoms with Gasteiger partial charge in [0.2, 0.25) is 0 Å². The standard InChI is InChI=1S/C17H26ClNO/c1-16(2,3)15(20)14(19-17(4,5)6)11-12-9-7-8-10-13(12)18/h7-10,14,19H,11H2,1-6H3/t14-/m0/s1. The molecule has 0 saturated heterocycles. The zero-order valence-electron chi connectivity index (χ0n) is 13.4. The molecule has 0 spiro atoms. The summed E-state index contributed by atoms with van der Waals surface area (Å²) < 4.78 is 0. The Bertz CT molecular complexity index is 469. The molecular weight excluding hydrogens is 270 g/mol. The Labute approximate surface area is 127 Å². The molecule has 0 fully saturated rings. The Kier molecular flexibility index (Phi) is 5.39. The van der Waals surface area contributed by atoms with E-state index in [1.807, 2.05) is 45.0 Å². The highest BCUT2D eigenvalue weighted by atomic mass is 35.5. The fourth-order valence-electron chi connectivity index (χ4n) is 2.14. The lowest BCUT2D eigenvalue weighted by Crippen LogP contribution is -2.51. The van der Waals surface area contributed by atoms with Crippen molar-refractivity contribution in [2.75, 3.05) is 0 Å². The largest absolute Gasteiger partial charge is 0.302 e. The Hall–Kier alpha value is -0.860. The Balaban J connectivity index is 3.00. The Morgan fingerprint density at radius 1 is 1.15 bits per heavy atom. The first-order valence-electron chi connectivity index (χ1n) is 7.06. The molecule has 0 aromatic heterocycles. The summed E-state index contributed by atoms with van der Waals surface area (Å²) >= 11 is 6.22. The highest BCUT2D eigenvalue weighted by Crippen LogP contribution is 2.23. The fraction of sp³-hybridized carbons (Fsp3) is 0.588. The number of benzene rings is 1. The van der Waals surface area contributed by atoms with E-state index < -0.39 is 0 Å². The van der Waals surface area contributed by atoms with Gasteiger partial charge in [0.15, 0.2) is 5.78 Å². The Morgan fingerprint density at radius 3 is 2.15 bits per heavy atom. The van der Waals surface area contributed by atoms with Gasteiger partial charge in [0.05, 0.1) is 6.04 Å². The average Bonchev–Trinajstić information content (AvgIpc) is 2.27. The minimum absolute atomic E-state index is 0.118. The summed E-state index contributed by atoms with van der Waals surface area (Å²) in [5.74, 6) is 0.215. The Morgan fingerprint density at radius 2 is 1.70 bits per heavy atom. The first-order valence-corrected chi connectivity index (χ1v) is 7.44. The van der Waals surface area contributed by atoms with E-state index in [1.54, 1.807) is 0 Å². The first kappa shape index (κ1) is 17.2. The summed E-state index contributed by atoms with van der Waals surface area (Å²) in [6.45, 7) is 12.1. The van der Waals surface area contributed by atoms with Crippen LogP contribution in [0.2, 0.25) is 5.02 Å². The van der Waals surface area contributed by atoms with E-state index in [1.165, 1.54) is 0 Å². The maximum absolute atomic E-state index is 12.7. The van der Waals surface area contributed by atoms with Gasteiger partial charge in [-0.15, -0.1) is 0 Å². The highest BCUT2D eigenvalue weighted by Gasteiger charge is 2.32. The van der Waals surface area contributed by atoms with E-state index in [4.69, 9.17) is 11.6 Å². The van der Waals surface area contributed by atoms with Crippen molar-refractivity contribution < 1.29 is 4.79 Å². The van der Waals surface area contributed by atoms with Gasteiger partial charge in [-0.3, -0.25) is 4.79 Å². The third-order valence-corrected chi connectivity index (χ3v) is 3.41. The molecule has 1 atom stereocenters. The van der Waals surface area contributed by atoms with Crippen LogP contribution in [0.4, 0.5) is 0 Å². The van der Waals surface area contributed by atoms with Crippen LogP contribution in [-0.4, -0.2) is 17.4 Å².